The number of hydrogen-bond acceptors (Lipinski definition) is 4. The molecule has 0 bridgehead atoms. The Labute approximate surface area is 152 Å². The highest BCUT2D eigenvalue weighted by Crippen LogP contribution is 2.33. The molecule has 0 atom stereocenters. The van der Waals surface area contributed by atoms with E-state index in [1.165, 1.54) is 34.9 Å². The van der Waals surface area contributed by atoms with Gasteiger partial charge in [-0.15, -0.1) is 0 Å². The third-order valence-corrected chi connectivity index (χ3v) is 5.72. The van der Waals surface area contributed by atoms with Gasteiger partial charge in [0, 0.05) is 5.38 Å². The average Bonchev–Trinajstić information content (AvgIpc) is 3.11. The number of anilines is 3. The summed E-state index contributed by atoms with van der Waals surface area (Å²) in [5.41, 5.74) is -0.219. The molecule has 3 aromatic rings. The summed E-state index contributed by atoms with van der Waals surface area (Å²) in [7, 11) is -3.99. The van der Waals surface area contributed by atoms with Gasteiger partial charge >= 0.3 is 0 Å². The molecule has 0 aliphatic heterocycles. The summed E-state index contributed by atoms with van der Waals surface area (Å²) in [4.78, 5) is -0.0142. The maximum absolute atomic E-state index is 14.3. The Hall–Kier alpha value is -2.52. The molecular weight excluding hydrogens is 385 g/mol. The highest BCUT2D eigenvalue weighted by atomic mass is 32.2. The smallest absolute Gasteiger partial charge is 0.262 e. The lowest BCUT2D eigenvalue weighted by Crippen LogP contribution is -2.14. The lowest BCUT2D eigenvalue weighted by atomic mass is 10.2. The first-order chi connectivity index (χ1) is 12.3. The van der Waals surface area contributed by atoms with Crippen LogP contribution >= 0.6 is 11.3 Å². The van der Waals surface area contributed by atoms with Crippen molar-refractivity contribution < 1.29 is 21.6 Å². The van der Waals surface area contributed by atoms with Crippen molar-refractivity contribution >= 4 is 38.4 Å². The van der Waals surface area contributed by atoms with Crippen molar-refractivity contribution in [3.63, 3.8) is 0 Å². The average molecular weight is 398 g/mol. The second kappa shape index (κ2) is 7.00. The molecule has 9 heteroatoms. The van der Waals surface area contributed by atoms with Gasteiger partial charge in [-0.3, -0.25) is 4.72 Å². The highest BCUT2D eigenvalue weighted by Gasteiger charge is 2.21. The molecule has 1 aromatic heterocycles. The number of aryl methyl sites for hydroxylation is 1. The van der Waals surface area contributed by atoms with Crippen LogP contribution in [0.1, 0.15) is 5.56 Å². The lowest BCUT2D eigenvalue weighted by Gasteiger charge is -2.15. The Kier molecular flexibility index (Phi) is 4.92. The predicted molar refractivity (Wildman–Crippen MR) is 95.9 cm³/mol. The Bertz CT molecular complexity index is 1050. The van der Waals surface area contributed by atoms with Gasteiger partial charge in [0.05, 0.1) is 16.3 Å². The predicted octanol–water partition coefficient (Wildman–Crippen LogP) is 5.02. The fourth-order valence-corrected chi connectivity index (χ4v) is 4.32. The van der Waals surface area contributed by atoms with Crippen LogP contribution in [0, 0.1) is 24.4 Å². The first-order valence-corrected chi connectivity index (χ1v) is 9.77. The van der Waals surface area contributed by atoms with Crippen molar-refractivity contribution in [3.8, 4) is 0 Å². The molecule has 3 rings (SSSR count). The third-order valence-electron chi connectivity index (χ3n) is 3.53. The molecule has 1 heterocycles. The zero-order valence-corrected chi connectivity index (χ0v) is 15.0. The van der Waals surface area contributed by atoms with Crippen LogP contribution in [0.15, 0.2) is 52.1 Å². The molecular formula is C17H13F3N2O2S2. The van der Waals surface area contributed by atoms with Gasteiger partial charge in [0.1, 0.15) is 11.5 Å². The maximum atomic E-state index is 14.3. The summed E-state index contributed by atoms with van der Waals surface area (Å²) >= 11 is 1.17. The van der Waals surface area contributed by atoms with E-state index in [2.05, 4.69) is 10.0 Å². The standard InChI is InChI=1S/C17H13F3N2O2S2/c1-10-2-4-14(13(19)8-10)21-17-15(5-3-12(18)16(17)20)22-26(23,24)11-6-7-25-9-11/h2-9,21-22H,1H3. The normalized spacial score (nSPS) is 11.4. The van der Waals surface area contributed by atoms with Crippen LogP contribution in [0.2, 0.25) is 0 Å². The van der Waals surface area contributed by atoms with E-state index in [4.69, 9.17) is 0 Å². The van der Waals surface area contributed by atoms with E-state index >= 15 is 0 Å². The lowest BCUT2D eigenvalue weighted by molar-refractivity contribution is 0.512. The number of nitrogens with one attached hydrogen (secondary N) is 2. The van der Waals surface area contributed by atoms with E-state index in [1.54, 1.807) is 18.4 Å². The first kappa shape index (κ1) is 18.3. The molecule has 4 nitrogen and oxygen atoms in total. The van der Waals surface area contributed by atoms with E-state index < -0.39 is 33.2 Å². The van der Waals surface area contributed by atoms with Gasteiger partial charge in [0.25, 0.3) is 10.0 Å². The van der Waals surface area contributed by atoms with E-state index in [9.17, 15) is 21.6 Å². The van der Waals surface area contributed by atoms with Gasteiger partial charge in [-0.05, 0) is 48.2 Å². The molecule has 0 fully saturated rings. The van der Waals surface area contributed by atoms with E-state index in [-0.39, 0.29) is 16.3 Å². The zero-order valence-electron chi connectivity index (χ0n) is 13.4. The molecule has 136 valence electrons. The van der Waals surface area contributed by atoms with Crippen LogP contribution in [-0.4, -0.2) is 8.42 Å². The van der Waals surface area contributed by atoms with Crippen molar-refractivity contribution in [2.75, 3.05) is 10.0 Å². The molecule has 2 N–H and O–H groups in total. The number of rotatable bonds is 5. The minimum Gasteiger partial charge on any atom is -0.349 e. The van der Waals surface area contributed by atoms with Gasteiger partial charge < -0.3 is 5.32 Å². The molecule has 0 saturated heterocycles. The molecule has 0 radical (unpaired) electrons. The summed E-state index contributed by atoms with van der Waals surface area (Å²) in [5.74, 6) is -3.20. The minimum absolute atomic E-state index is 0.0142. The Balaban J connectivity index is 2.03. The quantitative estimate of drug-likeness (QED) is 0.635. The second-order valence-electron chi connectivity index (χ2n) is 5.46. The molecule has 0 spiro atoms. The SMILES string of the molecule is Cc1ccc(Nc2c(NS(=O)(=O)c3ccsc3)ccc(F)c2F)c(F)c1. The minimum atomic E-state index is -3.99. The third kappa shape index (κ3) is 3.68. The van der Waals surface area contributed by atoms with E-state index in [0.717, 1.165) is 12.1 Å². The Morgan fingerprint density at radius 2 is 1.69 bits per heavy atom. The molecule has 0 amide bonds. The molecule has 0 unspecified atom stereocenters. The van der Waals surface area contributed by atoms with Crippen LogP contribution in [0.5, 0.6) is 0 Å². The largest absolute Gasteiger partial charge is 0.349 e. The molecule has 0 aliphatic rings. The molecule has 0 aliphatic carbocycles. The Morgan fingerprint density at radius 1 is 0.962 bits per heavy atom. The molecule has 26 heavy (non-hydrogen) atoms. The first-order valence-electron chi connectivity index (χ1n) is 7.34. The monoisotopic (exact) mass is 398 g/mol. The van der Waals surface area contributed by atoms with Crippen LogP contribution in [-0.2, 0) is 10.0 Å². The van der Waals surface area contributed by atoms with Crippen LogP contribution in [0.3, 0.4) is 0 Å². The number of thiophene rings is 1. The summed E-state index contributed by atoms with van der Waals surface area (Å²) in [6.07, 6.45) is 0. The molecule has 0 saturated carbocycles. The van der Waals surface area contributed by atoms with Gasteiger partial charge in [-0.2, -0.15) is 11.3 Å². The second-order valence-corrected chi connectivity index (χ2v) is 7.92. The number of benzene rings is 2. The summed E-state index contributed by atoms with van der Waals surface area (Å²) in [6.45, 7) is 1.68. The number of sulfonamides is 1. The highest BCUT2D eigenvalue weighted by molar-refractivity contribution is 7.92. The summed E-state index contributed by atoms with van der Waals surface area (Å²) < 4.78 is 68.9. The van der Waals surface area contributed by atoms with Gasteiger partial charge in [0.2, 0.25) is 0 Å². The van der Waals surface area contributed by atoms with Crippen LogP contribution < -0.4 is 10.0 Å². The zero-order chi connectivity index (χ0) is 18.9. The topological polar surface area (TPSA) is 58.2 Å². The van der Waals surface area contributed by atoms with Crippen LogP contribution in [0.4, 0.5) is 30.2 Å². The van der Waals surface area contributed by atoms with E-state index in [0.29, 0.717) is 5.56 Å². The summed E-state index contributed by atoms with van der Waals surface area (Å²) in [6, 6.07) is 7.38. The van der Waals surface area contributed by atoms with Crippen molar-refractivity contribution in [2.24, 2.45) is 0 Å². The van der Waals surface area contributed by atoms with Crippen molar-refractivity contribution in [1.82, 2.24) is 0 Å². The van der Waals surface area contributed by atoms with Crippen molar-refractivity contribution in [2.45, 2.75) is 11.8 Å². The maximum Gasteiger partial charge on any atom is 0.262 e. The van der Waals surface area contributed by atoms with Gasteiger partial charge in [0.15, 0.2) is 11.6 Å². The van der Waals surface area contributed by atoms with Gasteiger partial charge in [-0.1, -0.05) is 6.07 Å². The molecule has 2 aromatic carbocycles. The number of hydrogen-bond donors (Lipinski definition) is 2. The fraction of sp³-hybridized carbons (Fsp3) is 0.0588. The van der Waals surface area contributed by atoms with Crippen LogP contribution in [0.25, 0.3) is 0 Å². The summed E-state index contributed by atoms with van der Waals surface area (Å²) in [5, 5.41) is 5.40. The Morgan fingerprint density at radius 3 is 2.35 bits per heavy atom. The van der Waals surface area contributed by atoms with Crippen molar-refractivity contribution in [1.29, 1.82) is 0 Å². The van der Waals surface area contributed by atoms with E-state index in [1.807, 2.05) is 0 Å². The van der Waals surface area contributed by atoms with Crippen molar-refractivity contribution in [3.05, 3.63) is 70.2 Å². The fourth-order valence-electron chi connectivity index (χ4n) is 2.22. The van der Waals surface area contributed by atoms with Gasteiger partial charge in [-0.25, -0.2) is 21.6 Å². The number of halogens is 3.